The Kier molecular flexibility index (Phi) is 6.28. The van der Waals surface area contributed by atoms with Gasteiger partial charge in [-0.3, -0.25) is 9.36 Å². The number of H-pyrrole nitrogens is 1. The summed E-state index contributed by atoms with van der Waals surface area (Å²) in [5.74, 6) is -0.575. The van der Waals surface area contributed by atoms with Crippen LogP contribution in [0.25, 0.3) is 27.6 Å². The molecular formula is C26H21F4N5O2. The third kappa shape index (κ3) is 4.84. The molecule has 37 heavy (non-hydrogen) atoms. The standard InChI is InChI=1S/C26H21F4N5O2/c1-2-19(33-20-10-12-32-23-17(20)9-11-31-23)24-34-21-8-4-7-18(27)22(21)25(36)35(24)15-5-3-6-16(13-15)37-14-26(28,29)30/h3-13,19H,2,14H2,1H3,(H2,31,32,33). The molecule has 0 saturated heterocycles. The van der Waals surface area contributed by atoms with Crippen LogP contribution in [0.4, 0.5) is 23.2 Å². The highest BCUT2D eigenvalue weighted by molar-refractivity contribution is 5.89. The monoisotopic (exact) mass is 511 g/mol. The summed E-state index contributed by atoms with van der Waals surface area (Å²) in [6.07, 6.45) is -0.669. The highest BCUT2D eigenvalue weighted by atomic mass is 19.4. The molecule has 0 fully saturated rings. The van der Waals surface area contributed by atoms with Crippen molar-refractivity contribution in [3.63, 3.8) is 0 Å². The maximum atomic E-state index is 14.7. The molecule has 5 rings (SSSR count). The Labute approximate surface area is 207 Å². The van der Waals surface area contributed by atoms with E-state index < -0.39 is 30.2 Å². The van der Waals surface area contributed by atoms with Crippen LogP contribution in [0.1, 0.15) is 25.2 Å². The van der Waals surface area contributed by atoms with Crippen molar-refractivity contribution < 1.29 is 22.3 Å². The molecule has 1 atom stereocenters. The molecule has 0 saturated carbocycles. The van der Waals surface area contributed by atoms with Crippen molar-refractivity contribution in [1.82, 2.24) is 19.5 Å². The Hall–Kier alpha value is -4.41. The van der Waals surface area contributed by atoms with Gasteiger partial charge in [-0.25, -0.2) is 14.4 Å². The number of ether oxygens (including phenoxy) is 1. The van der Waals surface area contributed by atoms with Gasteiger partial charge >= 0.3 is 6.18 Å². The van der Waals surface area contributed by atoms with Crippen LogP contribution in [0.3, 0.4) is 0 Å². The second-order valence-corrected chi connectivity index (χ2v) is 8.35. The van der Waals surface area contributed by atoms with E-state index in [1.54, 1.807) is 24.5 Å². The minimum atomic E-state index is -4.53. The number of nitrogens with zero attached hydrogens (tertiary/aromatic N) is 3. The number of aromatic nitrogens is 4. The lowest BCUT2D eigenvalue weighted by atomic mass is 10.1. The molecule has 0 aliphatic heterocycles. The fraction of sp³-hybridized carbons (Fsp3) is 0.192. The SMILES string of the molecule is CCC(Nc1ccnc2[nH]ccc12)c1nc2cccc(F)c2c(=O)n1-c1cccc(OCC(F)(F)F)c1. The summed E-state index contributed by atoms with van der Waals surface area (Å²) in [5.41, 5.74) is 1.08. The largest absolute Gasteiger partial charge is 0.484 e. The van der Waals surface area contributed by atoms with Crippen LogP contribution in [-0.4, -0.2) is 32.3 Å². The number of halogens is 4. The van der Waals surface area contributed by atoms with Crippen LogP contribution in [0, 0.1) is 5.82 Å². The minimum absolute atomic E-state index is 0.0921. The predicted octanol–water partition coefficient (Wildman–Crippen LogP) is 5.91. The van der Waals surface area contributed by atoms with Gasteiger partial charge in [0.15, 0.2) is 6.61 Å². The number of rotatable bonds is 7. The zero-order valence-electron chi connectivity index (χ0n) is 19.5. The molecule has 2 aromatic carbocycles. The summed E-state index contributed by atoms with van der Waals surface area (Å²) >= 11 is 0. The van der Waals surface area contributed by atoms with Gasteiger partial charge in [-0.2, -0.15) is 13.2 Å². The molecule has 0 aliphatic rings. The second-order valence-electron chi connectivity index (χ2n) is 8.35. The first-order chi connectivity index (χ1) is 17.7. The number of anilines is 1. The molecule has 11 heteroatoms. The van der Waals surface area contributed by atoms with Gasteiger partial charge in [0.25, 0.3) is 5.56 Å². The van der Waals surface area contributed by atoms with Crippen molar-refractivity contribution in [2.75, 3.05) is 11.9 Å². The third-order valence-corrected chi connectivity index (χ3v) is 5.86. The number of aromatic amines is 1. The van der Waals surface area contributed by atoms with Gasteiger partial charge in [-0.15, -0.1) is 0 Å². The molecule has 0 spiro atoms. The van der Waals surface area contributed by atoms with E-state index in [2.05, 4.69) is 20.3 Å². The van der Waals surface area contributed by atoms with Gasteiger partial charge in [-0.1, -0.05) is 19.1 Å². The molecule has 0 aliphatic carbocycles. The first-order valence-electron chi connectivity index (χ1n) is 11.4. The summed E-state index contributed by atoms with van der Waals surface area (Å²) in [5, 5.41) is 4.00. The molecule has 3 aromatic heterocycles. The van der Waals surface area contributed by atoms with E-state index in [-0.39, 0.29) is 28.2 Å². The van der Waals surface area contributed by atoms with Crippen molar-refractivity contribution in [2.24, 2.45) is 0 Å². The van der Waals surface area contributed by atoms with E-state index in [1.165, 1.54) is 34.9 Å². The molecule has 7 nitrogen and oxygen atoms in total. The van der Waals surface area contributed by atoms with Crippen molar-refractivity contribution in [3.05, 3.63) is 89.0 Å². The van der Waals surface area contributed by atoms with Crippen LogP contribution >= 0.6 is 0 Å². The zero-order valence-corrected chi connectivity index (χ0v) is 19.5. The van der Waals surface area contributed by atoms with Gasteiger partial charge in [0.2, 0.25) is 0 Å². The van der Waals surface area contributed by atoms with Gasteiger partial charge < -0.3 is 15.0 Å². The highest BCUT2D eigenvalue weighted by Crippen LogP contribution is 2.29. The maximum Gasteiger partial charge on any atom is 0.422 e. The summed E-state index contributed by atoms with van der Waals surface area (Å²) < 4.78 is 59.0. The predicted molar refractivity (Wildman–Crippen MR) is 132 cm³/mol. The van der Waals surface area contributed by atoms with Crippen molar-refractivity contribution in [3.8, 4) is 11.4 Å². The fourth-order valence-corrected chi connectivity index (χ4v) is 4.19. The maximum absolute atomic E-state index is 14.7. The normalized spacial score (nSPS) is 12.7. The third-order valence-electron chi connectivity index (χ3n) is 5.86. The first-order valence-corrected chi connectivity index (χ1v) is 11.4. The summed E-state index contributed by atoms with van der Waals surface area (Å²) in [6, 6.07) is 12.9. The van der Waals surface area contributed by atoms with Crippen molar-refractivity contribution in [2.45, 2.75) is 25.6 Å². The Bertz CT molecular complexity index is 1640. The number of benzene rings is 2. The molecule has 3 heterocycles. The molecular weight excluding hydrogens is 490 g/mol. The minimum Gasteiger partial charge on any atom is -0.484 e. The number of hydrogen-bond donors (Lipinski definition) is 2. The van der Waals surface area contributed by atoms with Crippen LogP contribution in [0.5, 0.6) is 5.75 Å². The quantitative estimate of drug-likeness (QED) is 0.266. The number of pyridine rings is 1. The molecule has 0 bridgehead atoms. The average molecular weight is 511 g/mol. The van der Waals surface area contributed by atoms with Gasteiger partial charge in [0, 0.05) is 29.5 Å². The Balaban J connectivity index is 1.67. The van der Waals surface area contributed by atoms with E-state index in [0.717, 1.165) is 17.1 Å². The van der Waals surface area contributed by atoms with Gasteiger partial charge in [-0.05, 0) is 42.8 Å². The van der Waals surface area contributed by atoms with E-state index in [9.17, 15) is 22.4 Å². The van der Waals surface area contributed by atoms with Gasteiger partial charge in [0.05, 0.1) is 17.2 Å². The second kappa shape index (κ2) is 9.57. The topological polar surface area (TPSA) is 84.8 Å². The van der Waals surface area contributed by atoms with Crippen molar-refractivity contribution in [1.29, 1.82) is 0 Å². The molecule has 5 aromatic rings. The lowest BCUT2D eigenvalue weighted by Crippen LogP contribution is -2.28. The smallest absolute Gasteiger partial charge is 0.422 e. The van der Waals surface area contributed by atoms with E-state index in [0.29, 0.717) is 12.1 Å². The Morgan fingerprint density at radius 3 is 2.73 bits per heavy atom. The van der Waals surface area contributed by atoms with Gasteiger partial charge in [0.1, 0.15) is 28.4 Å². The molecule has 2 N–H and O–H groups in total. The average Bonchev–Trinajstić information content (AvgIpc) is 3.35. The van der Waals surface area contributed by atoms with Crippen LogP contribution in [-0.2, 0) is 0 Å². The fourth-order valence-electron chi connectivity index (χ4n) is 4.19. The van der Waals surface area contributed by atoms with E-state index >= 15 is 0 Å². The van der Waals surface area contributed by atoms with Crippen LogP contribution < -0.4 is 15.6 Å². The zero-order chi connectivity index (χ0) is 26.2. The summed E-state index contributed by atoms with van der Waals surface area (Å²) in [6.45, 7) is 0.402. The number of hydrogen-bond acceptors (Lipinski definition) is 5. The Morgan fingerprint density at radius 1 is 1.14 bits per heavy atom. The van der Waals surface area contributed by atoms with Crippen LogP contribution in [0.15, 0.2) is 71.8 Å². The Morgan fingerprint density at radius 2 is 1.95 bits per heavy atom. The van der Waals surface area contributed by atoms with Crippen molar-refractivity contribution >= 4 is 27.6 Å². The van der Waals surface area contributed by atoms with Crippen LogP contribution in [0.2, 0.25) is 0 Å². The first kappa shape index (κ1) is 24.3. The summed E-state index contributed by atoms with van der Waals surface area (Å²) in [4.78, 5) is 25.6. The number of fused-ring (bicyclic) bond motifs is 2. The number of nitrogens with one attached hydrogen (secondary N) is 2. The molecule has 190 valence electrons. The lowest BCUT2D eigenvalue weighted by molar-refractivity contribution is -0.153. The lowest BCUT2D eigenvalue weighted by Gasteiger charge is -2.23. The molecule has 0 radical (unpaired) electrons. The number of alkyl halides is 3. The highest BCUT2D eigenvalue weighted by Gasteiger charge is 2.28. The summed E-state index contributed by atoms with van der Waals surface area (Å²) in [7, 11) is 0. The molecule has 0 amide bonds. The van der Waals surface area contributed by atoms with E-state index in [1.807, 2.05) is 13.0 Å². The van der Waals surface area contributed by atoms with E-state index in [4.69, 9.17) is 4.74 Å². The molecule has 1 unspecified atom stereocenters.